The Labute approximate surface area is 155 Å². The molecule has 0 heterocycles. The van der Waals surface area contributed by atoms with Crippen molar-refractivity contribution < 1.29 is 22.7 Å². The first-order valence-corrected chi connectivity index (χ1v) is 8.55. The minimum absolute atomic E-state index is 0.0581. The number of amides is 1. The number of rotatable bonds is 7. The number of benzene rings is 2. The standard InChI is InChI=1S/C19H19ClF3NO2/c1-2-13-5-8-15(9-6-13)26-11-3-4-18(25)24-14-7-10-17(20)16(12-14)19(21,22)23/h5-10,12H,2-4,11H2,1H3,(H,24,25). The zero-order valence-electron chi connectivity index (χ0n) is 14.2. The number of alkyl halides is 3. The van der Waals surface area contributed by atoms with Crippen molar-refractivity contribution >= 4 is 23.2 Å². The molecule has 3 nitrogen and oxygen atoms in total. The summed E-state index contributed by atoms with van der Waals surface area (Å²) >= 11 is 5.55. The molecular formula is C19H19ClF3NO2. The fraction of sp³-hybridized carbons (Fsp3) is 0.316. The van der Waals surface area contributed by atoms with E-state index in [4.69, 9.17) is 16.3 Å². The smallest absolute Gasteiger partial charge is 0.417 e. The maximum absolute atomic E-state index is 12.8. The third-order valence-corrected chi connectivity index (χ3v) is 4.03. The van der Waals surface area contributed by atoms with Gasteiger partial charge in [0.05, 0.1) is 17.2 Å². The predicted molar refractivity (Wildman–Crippen MR) is 95.6 cm³/mol. The van der Waals surface area contributed by atoms with Crippen molar-refractivity contribution in [3.63, 3.8) is 0 Å². The largest absolute Gasteiger partial charge is 0.494 e. The molecule has 1 N–H and O–H groups in total. The van der Waals surface area contributed by atoms with Crippen LogP contribution in [0.15, 0.2) is 42.5 Å². The van der Waals surface area contributed by atoms with Gasteiger partial charge in [-0.3, -0.25) is 4.79 Å². The number of carbonyl (C=O) groups is 1. The van der Waals surface area contributed by atoms with Crippen molar-refractivity contribution in [1.29, 1.82) is 0 Å². The lowest BCUT2D eigenvalue weighted by atomic mass is 10.2. The molecule has 0 saturated carbocycles. The Morgan fingerprint density at radius 1 is 1.15 bits per heavy atom. The topological polar surface area (TPSA) is 38.3 Å². The van der Waals surface area contributed by atoms with Crippen molar-refractivity contribution in [1.82, 2.24) is 0 Å². The molecule has 7 heteroatoms. The van der Waals surface area contributed by atoms with E-state index in [1.54, 1.807) is 0 Å². The molecule has 2 aromatic carbocycles. The number of anilines is 1. The quantitative estimate of drug-likeness (QED) is 0.619. The van der Waals surface area contributed by atoms with Gasteiger partial charge in [-0.1, -0.05) is 30.7 Å². The van der Waals surface area contributed by atoms with Gasteiger partial charge in [0, 0.05) is 12.1 Å². The second-order valence-electron chi connectivity index (χ2n) is 5.69. The van der Waals surface area contributed by atoms with Gasteiger partial charge in [0.15, 0.2) is 0 Å². The van der Waals surface area contributed by atoms with Crippen LogP contribution in [0.4, 0.5) is 18.9 Å². The molecule has 1 amide bonds. The van der Waals surface area contributed by atoms with Crippen molar-refractivity contribution in [2.24, 2.45) is 0 Å². The minimum atomic E-state index is -4.57. The van der Waals surface area contributed by atoms with Crippen LogP contribution in [0.2, 0.25) is 5.02 Å². The molecule has 0 unspecified atom stereocenters. The lowest BCUT2D eigenvalue weighted by Crippen LogP contribution is -2.14. The number of halogens is 4. The molecule has 0 aliphatic rings. The first-order valence-electron chi connectivity index (χ1n) is 8.18. The average Bonchev–Trinajstić information content (AvgIpc) is 2.60. The number of hydrogen-bond donors (Lipinski definition) is 1. The molecule has 0 aromatic heterocycles. The average molecular weight is 386 g/mol. The SMILES string of the molecule is CCc1ccc(OCCCC(=O)Nc2ccc(Cl)c(C(F)(F)F)c2)cc1. The molecule has 0 aliphatic heterocycles. The van der Waals surface area contributed by atoms with Gasteiger partial charge in [-0.15, -0.1) is 0 Å². The molecule has 2 aromatic rings. The van der Waals surface area contributed by atoms with Gasteiger partial charge in [0.25, 0.3) is 0 Å². The molecular weight excluding hydrogens is 367 g/mol. The lowest BCUT2D eigenvalue weighted by molar-refractivity contribution is -0.137. The highest BCUT2D eigenvalue weighted by atomic mass is 35.5. The number of ether oxygens (including phenoxy) is 1. The van der Waals surface area contributed by atoms with E-state index in [1.807, 2.05) is 24.3 Å². The Bertz CT molecular complexity index is 745. The molecule has 0 spiro atoms. The molecule has 2 rings (SSSR count). The van der Waals surface area contributed by atoms with Crippen LogP contribution in [-0.2, 0) is 17.4 Å². The van der Waals surface area contributed by atoms with E-state index in [2.05, 4.69) is 12.2 Å². The molecule has 0 fully saturated rings. The summed E-state index contributed by atoms with van der Waals surface area (Å²) in [5.74, 6) is 0.334. The van der Waals surface area contributed by atoms with Crippen LogP contribution in [0.3, 0.4) is 0 Å². The number of aryl methyl sites for hydroxylation is 1. The van der Waals surface area contributed by atoms with Crippen molar-refractivity contribution in [2.75, 3.05) is 11.9 Å². The fourth-order valence-corrected chi connectivity index (χ4v) is 2.51. The Morgan fingerprint density at radius 3 is 2.46 bits per heavy atom. The zero-order valence-corrected chi connectivity index (χ0v) is 15.0. The van der Waals surface area contributed by atoms with Gasteiger partial charge in [-0.05, 0) is 48.7 Å². The molecule has 0 atom stereocenters. The highest BCUT2D eigenvalue weighted by molar-refractivity contribution is 6.31. The van der Waals surface area contributed by atoms with Gasteiger partial charge in [0.1, 0.15) is 5.75 Å². The Balaban J connectivity index is 1.80. The molecule has 140 valence electrons. The van der Waals surface area contributed by atoms with Gasteiger partial charge < -0.3 is 10.1 Å². The van der Waals surface area contributed by atoms with Crippen LogP contribution >= 0.6 is 11.6 Å². The van der Waals surface area contributed by atoms with E-state index < -0.39 is 16.8 Å². The van der Waals surface area contributed by atoms with Gasteiger partial charge in [-0.25, -0.2) is 0 Å². The van der Waals surface area contributed by atoms with Crippen LogP contribution in [0.25, 0.3) is 0 Å². The van der Waals surface area contributed by atoms with Crippen LogP contribution in [0.5, 0.6) is 5.75 Å². The van der Waals surface area contributed by atoms with E-state index in [1.165, 1.54) is 11.6 Å². The van der Waals surface area contributed by atoms with Crippen LogP contribution < -0.4 is 10.1 Å². The van der Waals surface area contributed by atoms with Crippen molar-refractivity contribution in [2.45, 2.75) is 32.4 Å². The maximum atomic E-state index is 12.8. The lowest BCUT2D eigenvalue weighted by Gasteiger charge is -2.12. The van der Waals surface area contributed by atoms with E-state index in [9.17, 15) is 18.0 Å². The summed E-state index contributed by atoms with van der Waals surface area (Å²) in [4.78, 5) is 11.9. The number of carbonyl (C=O) groups excluding carboxylic acids is 1. The molecule has 0 aliphatic carbocycles. The Morgan fingerprint density at radius 2 is 1.85 bits per heavy atom. The van der Waals surface area contributed by atoms with Crippen LogP contribution in [0, 0.1) is 0 Å². The van der Waals surface area contributed by atoms with Gasteiger partial charge in [0.2, 0.25) is 5.91 Å². The van der Waals surface area contributed by atoms with E-state index in [0.29, 0.717) is 13.0 Å². The number of nitrogens with one attached hydrogen (secondary N) is 1. The summed E-state index contributed by atoms with van der Waals surface area (Å²) in [6, 6.07) is 11.0. The summed E-state index contributed by atoms with van der Waals surface area (Å²) < 4.78 is 44.0. The Hall–Kier alpha value is -2.21. The summed E-state index contributed by atoms with van der Waals surface area (Å²) in [5, 5.41) is 2.04. The van der Waals surface area contributed by atoms with Crippen LogP contribution in [0.1, 0.15) is 30.9 Å². The van der Waals surface area contributed by atoms with E-state index >= 15 is 0 Å². The first kappa shape index (κ1) is 20.1. The summed E-state index contributed by atoms with van der Waals surface area (Å²) in [7, 11) is 0. The predicted octanol–water partition coefficient (Wildman–Crippen LogP) is 5.72. The molecule has 0 saturated heterocycles. The Kier molecular flexibility index (Phi) is 6.91. The highest BCUT2D eigenvalue weighted by Gasteiger charge is 2.33. The molecule has 26 heavy (non-hydrogen) atoms. The fourth-order valence-electron chi connectivity index (χ4n) is 2.29. The first-order chi connectivity index (χ1) is 12.3. The third-order valence-electron chi connectivity index (χ3n) is 3.70. The zero-order chi connectivity index (χ0) is 19.2. The second kappa shape index (κ2) is 8.94. The van der Waals surface area contributed by atoms with Crippen molar-refractivity contribution in [3.8, 4) is 5.75 Å². The normalized spacial score (nSPS) is 11.3. The summed E-state index contributed by atoms with van der Waals surface area (Å²) in [6.07, 6.45) is -3.04. The van der Waals surface area contributed by atoms with Gasteiger partial charge >= 0.3 is 6.18 Å². The van der Waals surface area contributed by atoms with Crippen molar-refractivity contribution in [3.05, 3.63) is 58.6 Å². The molecule has 0 bridgehead atoms. The second-order valence-corrected chi connectivity index (χ2v) is 6.10. The number of hydrogen-bond acceptors (Lipinski definition) is 2. The molecule has 0 radical (unpaired) electrons. The summed E-state index contributed by atoms with van der Waals surface area (Å²) in [5.41, 5.74) is 0.288. The third kappa shape index (κ3) is 5.95. The summed E-state index contributed by atoms with van der Waals surface area (Å²) in [6.45, 7) is 2.40. The maximum Gasteiger partial charge on any atom is 0.417 e. The van der Waals surface area contributed by atoms with Gasteiger partial charge in [-0.2, -0.15) is 13.2 Å². The van der Waals surface area contributed by atoms with E-state index in [0.717, 1.165) is 24.3 Å². The highest BCUT2D eigenvalue weighted by Crippen LogP contribution is 2.36. The monoisotopic (exact) mass is 385 g/mol. The minimum Gasteiger partial charge on any atom is -0.494 e. The van der Waals surface area contributed by atoms with Crippen LogP contribution in [-0.4, -0.2) is 12.5 Å². The van der Waals surface area contributed by atoms with E-state index in [-0.39, 0.29) is 18.0 Å².